The van der Waals surface area contributed by atoms with Crippen LogP contribution in [0.5, 0.6) is 0 Å². The van der Waals surface area contributed by atoms with Gasteiger partial charge in [-0.2, -0.15) is 13.2 Å². The van der Waals surface area contributed by atoms with Gasteiger partial charge in [0.15, 0.2) is 5.78 Å². The number of alkyl halides is 3. The molecule has 24 heavy (non-hydrogen) atoms. The number of aliphatic hydroxyl groups excluding tert-OH is 1. The minimum Gasteiger partial charge on any atom is -0.380 e. The van der Waals surface area contributed by atoms with Gasteiger partial charge in [0.05, 0.1) is 1.37 Å². The molecule has 0 bridgehead atoms. The minimum atomic E-state index is -4.99. The second-order valence-electron chi connectivity index (χ2n) is 4.97. The van der Waals surface area contributed by atoms with Crippen LogP contribution in [-0.2, 0) is 11.3 Å². The number of aliphatic hydroxyl groups is 1. The van der Waals surface area contributed by atoms with E-state index in [1.54, 1.807) is 35.6 Å². The van der Waals surface area contributed by atoms with E-state index in [-0.39, 0.29) is 17.2 Å². The summed E-state index contributed by atoms with van der Waals surface area (Å²) in [5.74, 6) is -2.78. The molecule has 0 aliphatic carbocycles. The van der Waals surface area contributed by atoms with Crippen LogP contribution in [0.3, 0.4) is 0 Å². The molecule has 2 aromatic rings. The molecule has 0 aromatic heterocycles. The summed E-state index contributed by atoms with van der Waals surface area (Å²) in [5.41, 5.74) is 0.531. The van der Waals surface area contributed by atoms with Gasteiger partial charge in [-0.05, 0) is 11.1 Å². The van der Waals surface area contributed by atoms with Crippen LogP contribution < -0.4 is 5.32 Å². The van der Waals surface area contributed by atoms with Crippen LogP contribution in [0.2, 0.25) is 0 Å². The number of benzene rings is 2. The van der Waals surface area contributed by atoms with Crippen LogP contribution in [0, 0.1) is 0 Å². The first kappa shape index (κ1) is 16.2. The third-order valence-corrected chi connectivity index (χ3v) is 3.22. The zero-order chi connectivity index (χ0) is 18.6. The Morgan fingerprint density at radius 2 is 1.79 bits per heavy atom. The van der Waals surface area contributed by atoms with Crippen LogP contribution in [0.4, 0.5) is 13.2 Å². The first-order chi connectivity index (χ1) is 11.7. The Morgan fingerprint density at radius 3 is 2.38 bits per heavy atom. The maximum atomic E-state index is 12.3. The van der Waals surface area contributed by atoms with E-state index >= 15 is 0 Å². The fourth-order valence-electron chi connectivity index (χ4n) is 1.94. The summed E-state index contributed by atoms with van der Waals surface area (Å²) in [6.45, 7) is -0.431. The van der Waals surface area contributed by atoms with Gasteiger partial charge in [0.2, 0.25) is 0 Å². The molecule has 1 atom stereocenters. The van der Waals surface area contributed by atoms with Crippen LogP contribution in [0.1, 0.15) is 29.0 Å². The van der Waals surface area contributed by atoms with Gasteiger partial charge in [-0.25, -0.2) is 0 Å². The number of Topliss-reactive ketones (excluding diaryl/α,β-unsaturated/α-hetero) is 1. The molecule has 2 aromatic carbocycles. The molecule has 0 aliphatic heterocycles. The van der Waals surface area contributed by atoms with E-state index in [9.17, 15) is 27.9 Å². The standard InChI is InChI=1S/C17H14F3NO3/c18-17(19,20)16(24)21-10-11-6-8-13(9-7-11)15(23)14(22)12-4-2-1-3-5-12/h1-9,14,22H,10H2,(H,21,24)/i8D. The van der Waals surface area contributed by atoms with E-state index in [1.807, 2.05) is 0 Å². The average molecular weight is 338 g/mol. The highest BCUT2D eigenvalue weighted by Crippen LogP contribution is 2.19. The lowest BCUT2D eigenvalue weighted by atomic mass is 9.99. The fraction of sp³-hybridized carbons (Fsp3) is 0.176. The first-order valence-corrected chi connectivity index (χ1v) is 6.92. The normalized spacial score (nSPS) is 13.1. The third-order valence-electron chi connectivity index (χ3n) is 3.22. The quantitative estimate of drug-likeness (QED) is 0.824. The van der Waals surface area contributed by atoms with Gasteiger partial charge in [-0.15, -0.1) is 0 Å². The van der Waals surface area contributed by atoms with E-state index in [0.29, 0.717) is 5.56 Å². The van der Waals surface area contributed by atoms with E-state index in [2.05, 4.69) is 0 Å². The molecular weight excluding hydrogens is 323 g/mol. The van der Waals surface area contributed by atoms with Crippen molar-refractivity contribution in [1.29, 1.82) is 0 Å². The van der Waals surface area contributed by atoms with E-state index in [1.165, 1.54) is 18.2 Å². The number of carbonyl (C=O) groups is 2. The lowest BCUT2D eigenvalue weighted by Gasteiger charge is -2.11. The number of carbonyl (C=O) groups excluding carboxylic acids is 2. The van der Waals surface area contributed by atoms with Gasteiger partial charge in [0.25, 0.3) is 0 Å². The summed E-state index contributed by atoms with van der Waals surface area (Å²) < 4.78 is 44.2. The second kappa shape index (κ2) is 7.27. The van der Waals surface area contributed by atoms with Gasteiger partial charge in [-0.1, -0.05) is 54.6 Å². The van der Waals surface area contributed by atoms with Crippen LogP contribution in [0.25, 0.3) is 0 Å². The highest BCUT2D eigenvalue weighted by atomic mass is 19.4. The highest BCUT2D eigenvalue weighted by molar-refractivity contribution is 5.99. The molecule has 1 unspecified atom stereocenters. The van der Waals surface area contributed by atoms with Crippen molar-refractivity contribution in [2.24, 2.45) is 0 Å². The molecular formula is C17H14F3NO3. The van der Waals surface area contributed by atoms with Crippen molar-refractivity contribution in [3.05, 3.63) is 71.3 Å². The summed E-state index contributed by atoms with van der Waals surface area (Å²) in [7, 11) is 0. The maximum Gasteiger partial charge on any atom is 0.471 e. The molecule has 0 heterocycles. The number of ketones is 1. The third kappa shape index (κ3) is 4.42. The Bertz CT molecular complexity index is 778. The van der Waals surface area contributed by atoms with E-state index in [0.717, 1.165) is 0 Å². The topological polar surface area (TPSA) is 66.4 Å². The van der Waals surface area contributed by atoms with Gasteiger partial charge >= 0.3 is 12.1 Å². The number of hydrogen-bond acceptors (Lipinski definition) is 3. The number of rotatable bonds is 5. The SMILES string of the molecule is [2H]c1cc(CNC(=O)C(F)(F)F)ccc1C(=O)C(O)c1ccccc1. The lowest BCUT2D eigenvalue weighted by molar-refractivity contribution is -0.173. The number of nitrogens with one attached hydrogen (secondary N) is 1. The van der Waals surface area contributed by atoms with Crippen molar-refractivity contribution in [2.45, 2.75) is 18.8 Å². The first-order valence-electron chi connectivity index (χ1n) is 7.42. The van der Waals surface area contributed by atoms with Gasteiger partial charge in [0.1, 0.15) is 6.10 Å². The highest BCUT2D eigenvalue weighted by Gasteiger charge is 2.38. The zero-order valence-electron chi connectivity index (χ0n) is 13.3. The van der Waals surface area contributed by atoms with Crippen LogP contribution >= 0.6 is 0 Å². The molecule has 0 radical (unpaired) electrons. The Kier molecular flexibility index (Phi) is 4.90. The maximum absolute atomic E-state index is 12.3. The van der Waals surface area contributed by atoms with Crippen LogP contribution in [0.15, 0.2) is 54.6 Å². The summed E-state index contributed by atoms with van der Waals surface area (Å²) in [5, 5.41) is 11.8. The molecule has 7 heteroatoms. The monoisotopic (exact) mass is 338 g/mol. The Labute approximate surface area is 137 Å². The van der Waals surface area contributed by atoms with Gasteiger partial charge in [0, 0.05) is 12.1 Å². The molecule has 126 valence electrons. The van der Waals surface area contributed by atoms with Crippen molar-refractivity contribution in [1.82, 2.24) is 5.32 Å². The van der Waals surface area contributed by atoms with Crippen molar-refractivity contribution >= 4 is 11.7 Å². The van der Waals surface area contributed by atoms with Crippen molar-refractivity contribution in [3.8, 4) is 0 Å². The number of amides is 1. The van der Waals surface area contributed by atoms with E-state index < -0.39 is 30.5 Å². The smallest absolute Gasteiger partial charge is 0.380 e. The molecule has 2 N–H and O–H groups in total. The molecule has 0 saturated heterocycles. The minimum absolute atomic E-state index is 0.0674. The van der Waals surface area contributed by atoms with Gasteiger partial charge < -0.3 is 10.4 Å². The van der Waals surface area contributed by atoms with Crippen molar-refractivity contribution in [3.63, 3.8) is 0 Å². The predicted molar refractivity (Wildman–Crippen MR) is 80.1 cm³/mol. The predicted octanol–water partition coefficient (Wildman–Crippen LogP) is 2.78. The van der Waals surface area contributed by atoms with Crippen LogP contribution in [-0.4, -0.2) is 23.0 Å². The largest absolute Gasteiger partial charge is 0.471 e. The molecule has 0 aliphatic rings. The molecule has 0 spiro atoms. The van der Waals surface area contributed by atoms with Crippen molar-refractivity contribution in [2.75, 3.05) is 0 Å². The molecule has 1 amide bonds. The number of halogens is 3. The molecule has 2 rings (SSSR count). The zero-order valence-corrected chi connectivity index (χ0v) is 12.3. The Hall–Kier alpha value is -2.67. The number of hydrogen-bond donors (Lipinski definition) is 2. The molecule has 4 nitrogen and oxygen atoms in total. The van der Waals surface area contributed by atoms with Crippen molar-refractivity contribution < 1.29 is 29.2 Å². The Morgan fingerprint density at radius 1 is 1.12 bits per heavy atom. The summed E-state index contributed by atoms with van der Waals surface area (Å²) in [6, 6.07) is 11.6. The van der Waals surface area contributed by atoms with Gasteiger partial charge in [-0.3, -0.25) is 9.59 Å². The lowest BCUT2D eigenvalue weighted by Crippen LogP contribution is -2.36. The molecule has 0 saturated carbocycles. The average Bonchev–Trinajstić information content (AvgIpc) is 2.58. The Balaban J connectivity index is 2.11. The molecule has 0 fully saturated rings. The summed E-state index contributed by atoms with van der Waals surface area (Å²) >= 11 is 0. The van der Waals surface area contributed by atoms with E-state index in [4.69, 9.17) is 1.37 Å². The fourth-order valence-corrected chi connectivity index (χ4v) is 1.94. The summed E-state index contributed by atoms with van der Waals surface area (Å²) in [4.78, 5) is 23.1. The summed E-state index contributed by atoms with van der Waals surface area (Å²) in [6.07, 6.45) is -6.43. The second-order valence-corrected chi connectivity index (χ2v) is 4.97.